The van der Waals surface area contributed by atoms with Crippen LogP contribution in [-0.4, -0.2) is 22.5 Å². The molecule has 2 N–H and O–H groups in total. The molecule has 1 aromatic heterocycles. The minimum Gasteiger partial charge on any atom is -0.465 e. The normalized spacial score (nSPS) is 8.87. The van der Waals surface area contributed by atoms with Crippen LogP contribution in [0, 0.1) is 11.8 Å². The standard InChI is InChI=1S/C10H11N3O2/c1-2-15-9(14)5-3-4-8-6-7-12-10(11)13-8/h6-7H,2,5H2,1H3,(H2,11,12,13). The van der Waals surface area contributed by atoms with Crippen molar-refractivity contribution < 1.29 is 9.53 Å². The smallest absolute Gasteiger partial charge is 0.317 e. The molecular formula is C10H11N3O2. The van der Waals surface area contributed by atoms with Crippen LogP contribution in [0.15, 0.2) is 12.3 Å². The second-order valence-corrected chi connectivity index (χ2v) is 2.58. The molecule has 0 aliphatic heterocycles. The molecule has 1 heterocycles. The highest BCUT2D eigenvalue weighted by atomic mass is 16.5. The van der Waals surface area contributed by atoms with Crippen LogP contribution in [0.25, 0.3) is 0 Å². The van der Waals surface area contributed by atoms with Crippen LogP contribution in [0.4, 0.5) is 5.95 Å². The molecule has 0 aromatic carbocycles. The molecule has 5 heteroatoms. The second-order valence-electron chi connectivity index (χ2n) is 2.58. The number of hydrogen-bond acceptors (Lipinski definition) is 5. The van der Waals surface area contributed by atoms with Gasteiger partial charge in [0.05, 0.1) is 6.61 Å². The average molecular weight is 205 g/mol. The number of hydrogen-bond donors (Lipinski definition) is 1. The molecule has 0 fully saturated rings. The zero-order chi connectivity index (χ0) is 11.1. The first-order valence-corrected chi connectivity index (χ1v) is 4.45. The van der Waals surface area contributed by atoms with Gasteiger partial charge >= 0.3 is 5.97 Å². The third-order valence-corrected chi connectivity index (χ3v) is 1.43. The van der Waals surface area contributed by atoms with E-state index in [1.165, 1.54) is 6.20 Å². The summed E-state index contributed by atoms with van der Waals surface area (Å²) in [6, 6.07) is 1.62. The number of nitrogen functional groups attached to an aromatic ring is 1. The lowest BCUT2D eigenvalue weighted by atomic mass is 10.3. The van der Waals surface area contributed by atoms with Gasteiger partial charge in [-0.25, -0.2) is 9.97 Å². The molecule has 78 valence electrons. The van der Waals surface area contributed by atoms with Gasteiger partial charge in [0.1, 0.15) is 12.1 Å². The largest absolute Gasteiger partial charge is 0.465 e. The van der Waals surface area contributed by atoms with E-state index in [1.54, 1.807) is 13.0 Å². The summed E-state index contributed by atoms with van der Waals surface area (Å²) in [7, 11) is 0. The van der Waals surface area contributed by atoms with Crippen molar-refractivity contribution in [2.45, 2.75) is 13.3 Å². The van der Waals surface area contributed by atoms with E-state index < -0.39 is 0 Å². The van der Waals surface area contributed by atoms with Crippen molar-refractivity contribution in [1.29, 1.82) is 0 Å². The molecule has 0 amide bonds. The molecule has 0 atom stereocenters. The highest BCUT2D eigenvalue weighted by molar-refractivity contribution is 5.72. The Morgan fingerprint density at radius 2 is 2.47 bits per heavy atom. The van der Waals surface area contributed by atoms with Crippen LogP contribution in [0.5, 0.6) is 0 Å². The molecule has 15 heavy (non-hydrogen) atoms. The molecule has 0 aliphatic carbocycles. The lowest BCUT2D eigenvalue weighted by Crippen LogP contribution is -2.01. The Morgan fingerprint density at radius 3 is 3.13 bits per heavy atom. The summed E-state index contributed by atoms with van der Waals surface area (Å²) >= 11 is 0. The van der Waals surface area contributed by atoms with Gasteiger partial charge in [-0.15, -0.1) is 0 Å². The van der Waals surface area contributed by atoms with Crippen LogP contribution >= 0.6 is 0 Å². The first-order valence-electron chi connectivity index (χ1n) is 4.45. The van der Waals surface area contributed by atoms with Gasteiger partial charge in [0.25, 0.3) is 0 Å². The van der Waals surface area contributed by atoms with E-state index in [0.717, 1.165) is 0 Å². The summed E-state index contributed by atoms with van der Waals surface area (Å²) < 4.78 is 4.70. The molecule has 0 saturated carbocycles. The number of esters is 1. The van der Waals surface area contributed by atoms with E-state index in [2.05, 4.69) is 21.8 Å². The Morgan fingerprint density at radius 1 is 1.67 bits per heavy atom. The topological polar surface area (TPSA) is 78.1 Å². The van der Waals surface area contributed by atoms with Crippen molar-refractivity contribution >= 4 is 11.9 Å². The third kappa shape index (κ3) is 4.09. The molecule has 1 rings (SSSR count). The molecule has 0 spiro atoms. The van der Waals surface area contributed by atoms with Gasteiger partial charge < -0.3 is 10.5 Å². The summed E-state index contributed by atoms with van der Waals surface area (Å²) in [4.78, 5) is 18.5. The molecule has 0 radical (unpaired) electrons. The summed E-state index contributed by atoms with van der Waals surface area (Å²) in [5.41, 5.74) is 5.85. The first-order chi connectivity index (χ1) is 7.22. The number of carbonyl (C=O) groups is 1. The van der Waals surface area contributed by atoms with Gasteiger partial charge in [-0.05, 0) is 18.9 Å². The number of carbonyl (C=O) groups excluding carboxylic acids is 1. The van der Waals surface area contributed by atoms with Crippen LogP contribution in [-0.2, 0) is 9.53 Å². The molecule has 1 aromatic rings. The zero-order valence-electron chi connectivity index (χ0n) is 8.36. The minimum atomic E-state index is -0.341. The molecule has 0 saturated heterocycles. The number of ether oxygens (including phenoxy) is 1. The predicted molar refractivity (Wildman–Crippen MR) is 54.6 cm³/mol. The van der Waals surface area contributed by atoms with Gasteiger partial charge in [0.15, 0.2) is 0 Å². The maximum Gasteiger partial charge on any atom is 0.317 e. The monoisotopic (exact) mass is 205 g/mol. The maximum absolute atomic E-state index is 10.9. The van der Waals surface area contributed by atoms with Gasteiger partial charge in [0, 0.05) is 6.20 Å². The van der Waals surface area contributed by atoms with Gasteiger partial charge in [-0.1, -0.05) is 5.92 Å². The van der Waals surface area contributed by atoms with Crippen molar-refractivity contribution in [3.05, 3.63) is 18.0 Å². The Hall–Kier alpha value is -2.09. The number of aromatic nitrogens is 2. The molecular weight excluding hydrogens is 194 g/mol. The molecule has 5 nitrogen and oxygen atoms in total. The minimum absolute atomic E-state index is 0.0533. The van der Waals surface area contributed by atoms with E-state index in [4.69, 9.17) is 10.5 Å². The summed E-state index contributed by atoms with van der Waals surface area (Å²) in [6.07, 6.45) is 1.56. The van der Waals surface area contributed by atoms with Gasteiger partial charge in [-0.3, -0.25) is 4.79 Å². The third-order valence-electron chi connectivity index (χ3n) is 1.43. The predicted octanol–water partition coefficient (Wildman–Crippen LogP) is 0.364. The lowest BCUT2D eigenvalue weighted by molar-refractivity contribution is -0.141. The van der Waals surface area contributed by atoms with E-state index in [1.807, 2.05) is 0 Å². The SMILES string of the molecule is CCOC(=O)CC#Cc1ccnc(N)n1. The summed E-state index contributed by atoms with van der Waals surface area (Å²) in [6.45, 7) is 2.11. The average Bonchev–Trinajstić information content (AvgIpc) is 2.18. The second kappa shape index (κ2) is 5.60. The fraction of sp³-hybridized carbons (Fsp3) is 0.300. The summed E-state index contributed by atoms with van der Waals surface area (Å²) in [5.74, 6) is 5.16. The zero-order valence-corrected chi connectivity index (χ0v) is 8.36. The van der Waals surface area contributed by atoms with E-state index in [-0.39, 0.29) is 18.3 Å². The number of nitrogens with zero attached hydrogens (tertiary/aromatic N) is 2. The molecule has 0 aliphatic rings. The number of rotatable bonds is 2. The first kappa shape index (κ1) is 11.0. The number of anilines is 1. The Bertz CT molecular complexity index is 407. The van der Waals surface area contributed by atoms with E-state index in [9.17, 15) is 4.79 Å². The van der Waals surface area contributed by atoms with Gasteiger partial charge in [0.2, 0.25) is 5.95 Å². The van der Waals surface area contributed by atoms with E-state index in [0.29, 0.717) is 12.3 Å². The van der Waals surface area contributed by atoms with Crippen molar-refractivity contribution in [1.82, 2.24) is 9.97 Å². The highest BCUT2D eigenvalue weighted by Crippen LogP contribution is 1.94. The van der Waals surface area contributed by atoms with Crippen LogP contribution < -0.4 is 5.73 Å². The Labute approximate surface area is 87.7 Å². The Balaban J connectivity index is 2.55. The van der Waals surface area contributed by atoms with Crippen LogP contribution in [0.3, 0.4) is 0 Å². The Kier molecular flexibility index (Phi) is 4.10. The quantitative estimate of drug-likeness (QED) is 0.557. The van der Waals surface area contributed by atoms with Crippen molar-refractivity contribution in [2.75, 3.05) is 12.3 Å². The van der Waals surface area contributed by atoms with Crippen molar-refractivity contribution in [2.24, 2.45) is 0 Å². The summed E-state index contributed by atoms with van der Waals surface area (Å²) in [5, 5.41) is 0. The van der Waals surface area contributed by atoms with Crippen LogP contribution in [0.1, 0.15) is 19.0 Å². The number of nitrogens with two attached hydrogens (primary N) is 1. The van der Waals surface area contributed by atoms with Crippen LogP contribution in [0.2, 0.25) is 0 Å². The van der Waals surface area contributed by atoms with Crippen molar-refractivity contribution in [3.63, 3.8) is 0 Å². The fourth-order valence-electron chi connectivity index (χ4n) is 0.862. The van der Waals surface area contributed by atoms with E-state index >= 15 is 0 Å². The van der Waals surface area contributed by atoms with Gasteiger partial charge in [-0.2, -0.15) is 0 Å². The fourth-order valence-corrected chi connectivity index (χ4v) is 0.862. The maximum atomic E-state index is 10.9. The lowest BCUT2D eigenvalue weighted by Gasteiger charge is -1.94. The van der Waals surface area contributed by atoms with Crippen molar-refractivity contribution in [3.8, 4) is 11.8 Å². The molecule has 0 bridgehead atoms. The highest BCUT2D eigenvalue weighted by Gasteiger charge is 1.96. The molecule has 0 unspecified atom stereocenters.